The first-order valence-corrected chi connectivity index (χ1v) is 6.81. The van der Waals surface area contributed by atoms with E-state index < -0.39 is 18.1 Å². The van der Waals surface area contributed by atoms with Gasteiger partial charge in [0.1, 0.15) is 6.04 Å². The Balaban J connectivity index is 2.67. The van der Waals surface area contributed by atoms with E-state index in [-0.39, 0.29) is 6.61 Å². The summed E-state index contributed by atoms with van der Waals surface area (Å²) in [5, 5.41) is 2.54. The number of hydrogen-bond acceptors (Lipinski definition) is 4. The largest absolute Gasteiger partial charge is 0.464 e. The maximum atomic E-state index is 12.0. The van der Waals surface area contributed by atoms with Crippen LogP contribution in [0.1, 0.15) is 25.8 Å². The summed E-state index contributed by atoms with van der Waals surface area (Å²) in [6.07, 6.45) is 0.507. The van der Waals surface area contributed by atoms with Gasteiger partial charge in [0.15, 0.2) is 0 Å². The van der Waals surface area contributed by atoms with Gasteiger partial charge in [0.2, 0.25) is 0 Å². The van der Waals surface area contributed by atoms with E-state index in [0.29, 0.717) is 13.0 Å². The summed E-state index contributed by atoms with van der Waals surface area (Å²) in [4.78, 5) is 23.4. The van der Waals surface area contributed by atoms with E-state index in [1.54, 1.807) is 6.92 Å². The Morgan fingerprint density at radius 1 is 1.15 bits per heavy atom. The highest BCUT2D eigenvalue weighted by Crippen LogP contribution is 2.05. The summed E-state index contributed by atoms with van der Waals surface area (Å²) in [6.45, 7) is 4.22. The zero-order chi connectivity index (χ0) is 14.8. The van der Waals surface area contributed by atoms with Crippen molar-refractivity contribution in [2.24, 2.45) is 0 Å². The fourth-order valence-electron chi connectivity index (χ4n) is 1.66. The molecule has 0 fully saturated rings. The summed E-state index contributed by atoms with van der Waals surface area (Å²) < 4.78 is 9.90. The van der Waals surface area contributed by atoms with E-state index in [0.717, 1.165) is 12.0 Å². The Labute approximate surface area is 119 Å². The lowest BCUT2D eigenvalue weighted by molar-refractivity contribution is -0.146. The molecule has 0 spiro atoms. The van der Waals surface area contributed by atoms with Crippen molar-refractivity contribution in [2.45, 2.75) is 32.7 Å². The van der Waals surface area contributed by atoms with Gasteiger partial charge in [0, 0.05) is 6.42 Å². The molecule has 0 saturated carbocycles. The Kier molecular flexibility index (Phi) is 7.17. The third-order valence-electron chi connectivity index (χ3n) is 2.58. The molecule has 0 heterocycles. The van der Waals surface area contributed by atoms with Gasteiger partial charge in [-0.3, -0.25) is 0 Å². The van der Waals surface area contributed by atoms with Gasteiger partial charge in [-0.15, -0.1) is 0 Å². The van der Waals surface area contributed by atoms with Crippen LogP contribution < -0.4 is 5.32 Å². The van der Waals surface area contributed by atoms with Crippen molar-refractivity contribution in [3.63, 3.8) is 0 Å². The molecular formula is C15H21NO4. The molecular weight excluding hydrogens is 258 g/mol. The number of esters is 1. The molecule has 1 aromatic rings. The first-order chi connectivity index (χ1) is 9.67. The van der Waals surface area contributed by atoms with E-state index in [9.17, 15) is 9.59 Å². The van der Waals surface area contributed by atoms with Gasteiger partial charge >= 0.3 is 12.1 Å². The lowest BCUT2D eigenvalue weighted by atomic mass is 10.1. The van der Waals surface area contributed by atoms with E-state index in [4.69, 9.17) is 9.47 Å². The fraction of sp³-hybridized carbons (Fsp3) is 0.467. The number of benzene rings is 1. The van der Waals surface area contributed by atoms with Gasteiger partial charge in [-0.2, -0.15) is 0 Å². The maximum absolute atomic E-state index is 12.0. The number of hydrogen-bond donors (Lipinski definition) is 1. The van der Waals surface area contributed by atoms with Gasteiger partial charge in [0.25, 0.3) is 0 Å². The fourth-order valence-corrected chi connectivity index (χ4v) is 1.66. The SMILES string of the molecule is CCCOC(=O)[C@H](Cc1ccccc1)NC(=O)OCC. The molecule has 1 N–H and O–H groups in total. The molecule has 1 amide bonds. The number of amides is 1. The average Bonchev–Trinajstić information content (AvgIpc) is 2.45. The highest BCUT2D eigenvalue weighted by Gasteiger charge is 2.23. The number of rotatable bonds is 7. The van der Waals surface area contributed by atoms with Crippen LogP contribution in [0.3, 0.4) is 0 Å². The zero-order valence-electron chi connectivity index (χ0n) is 11.9. The number of ether oxygens (including phenoxy) is 2. The van der Waals surface area contributed by atoms with Crippen LogP contribution in [0.5, 0.6) is 0 Å². The summed E-state index contributed by atoms with van der Waals surface area (Å²) in [7, 11) is 0. The van der Waals surface area contributed by atoms with Gasteiger partial charge in [-0.05, 0) is 18.9 Å². The first kappa shape index (κ1) is 16.0. The van der Waals surface area contributed by atoms with E-state index in [1.807, 2.05) is 37.3 Å². The van der Waals surface area contributed by atoms with Crippen LogP contribution in [0.2, 0.25) is 0 Å². The van der Waals surface area contributed by atoms with Crippen LogP contribution in [0.4, 0.5) is 4.79 Å². The number of nitrogens with one attached hydrogen (secondary N) is 1. The molecule has 20 heavy (non-hydrogen) atoms. The van der Waals surface area contributed by atoms with E-state index in [1.165, 1.54) is 0 Å². The number of alkyl carbamates (subject to hydrolysis) is 1. The quantitative estimate of drug-likeness (QED) is 0.778. The minimum Gasteiger partial charge on any atom is -0.464 e. The predicted octanol–water partition coefficient (Wildman–Crippen LogP) is 2.30. The monoisotopic (exact) mass is 279 g/mol. The minimum absolute atomic E-state index is 0.258. The lowest BCUT2D eigenvalue weighted by Crippen LogP contribution is -2.43. The van der Waals surface area contributed by atoms with Crippen molar-refractivity contribution >= 4 is 12.1 Å². The summed E-state index contributed by atoms with van der Waals surface area (Å²) in [6, 6.07) is 8.72. The molecule has 0 bridgehead atoms. The second-order valence-corrected chi connectivity index (χ2v) is 4.27. The van der Waals surface area contributed by atoms with Crippen molar-refractivity contribution < 1.29 is 19.1 Å². The normalized spacial score (nSPS) is 11.5. The molecule has 1 aromatic carbocycles. The molecule has 110 valence electrons. The zero-order valence-corrected chi connectivity index (χ0v) is 11.9. The second-order valence-electron chi connectivity index (χ2n) is 4.27. The predicted molar refractivity (Wildman–Crippen MR) is 75.3 cm³/mol. The molecule has 0 unspecified atom stereocenters. The van der Waals surface area contributed by atoms with Crippen LogP contribution in [-0.4, -0.2) is 31.3 Å². The topological polar surface area (TPSA) is 64.6 Å². The average molecular weight is 279 g/mol. The van der Waals surface area contributed by atoms with E-state index in [2.05, 4.69) is 5.32 Å². The molecule has 0 aliphatic carbocycles. The maximum Gasteiger partial charge on any atom is 0.407 e. The second kappa shape index (κ2) is 8.96. The molecule has 5 nitrogen and oxygen atoms in total. The summed E-state index contributed by atoms with van der Waals surface area (Å²) in [5.74, 6) is -0.441. The molecule has 5 heteroatoms. The van der Waals surface area contributed by atoms with E-state index >= 15 is 0 Å². The molecule has 0 radical (unpaired) electrons. The highest BCUT2D eigenvalue weighted by atomic mass is 16.6. The van der Waals surface area contributed by atoms with Crippen LogP contribution >= 0.6 is 0 Å². The van der Waals surface area contributed by atoms with Crippen LogP contribution in [0, 0.1) is 0 Å². The van der Waals surface area contributed by atoms with Crippen molar-refractivity contribution in [2.75, 3.05) is 13.2 Å². The van der Waals surface area contributed by atoms with Crippen LogP contribution in [-0.2, 0) is 20.7 Å². The Morgan fingerprint density at radius 2 is 1.85 bits per heavy atom. The summed E-state index contributed by atoms with van der Waals surface area (Å²) in [5.41, 5.74) is 0.947. The Bertz CT molecular complexity index is 419. The third-order valence-corrected chi connectivity index (χ3v) is 2.58. The third kappa shape index (κ3) is 5.73. The van der Waals surface area contributed by atoms with Crippen molar-refractivity contribution in [3.8, 4) is 0 Å². The van der Waals surface area contributed by atoms with Crippen LogP contribution in [0.15, 0.2) is 30.3 Å². The Hall–Kier alpha value is -2.04. The minimum atomic E-state index is -0.733. The molecule has 0 aliphatic heterocycles. The van der Waals surface area contributed by atoms with Crippen molar-refractivity contribution in [1.82, 2.24) is 5.32 Å². The molecule has 0 aliphatic rings. The molecule has 1 atom stereocenters. The van der Waals surface area contributed by atoms with Gasteiger partial charge in [-0.25, -0.2) is 9.59 Å². The van der Waals surface area contributed by atoms with Crippen LogP contribution in [0.25, 0.3) is 0 Å². The smallest absolute Gasteiger partial charge is 0.407 e. The highest BCUT2D eigenvalue weighted by molar-refractivity contribution is 5.81. The van der Waals surface area contributed by atoms with Gasteiger partial charge < -0.3 is 14.8 Å². The lowest BCUT2D eigenvalue weighted by Gasteiger charge is -2.17. The summed E-state index contributed by atoms with van der Waals surface area (Å²) >= 11 is 0. The Morgan fingerprint density at radius 3 is 2.45 bits per heavy atom. The number of carbonyl (C=O) groups excluding carboxylic acids is 2. The standard InChI is InChI=1S/C15H21NO4/c1-3-10-20-14(17)13(16-15(18)19-4-2)11-12-8-6-5-7-9-12/h5-9,13H,3-4,10-11H2,1-2H3,(H,16,18)/t13-/m0/s1. The van der Waals surface area contributed by atoms with Gasteiger partial charge in [-0.1, -0.05) is 37.3 Å². The molecule has 1 rings (SSSR count). The first-order valence-electron chi connectivity index (χ1n) is 6.81. The molecule has 0 aromatic heterocycles. The van der Waals surface area contributed by atoms with Crippen molar-refractivity contribution in [1.29, 1.82) is 0 Å². The molecule has 0 saturated heterocycles. The van der Waals surface area contributed by atoms with Crippen molar-refractivity contribution in [3.05, 3.63) is 35.9 Å². The number of carbonyl (C=O) groups is 2. The van der Waals surface area contributed by atoms with Gasteiger partial charge in [0.05, 0.1) is 13.2 Å².